The Balaban J connectivity index is 1.68. The van der Waals surface area contributed by atoms with E-state index in [0.717, 1.165) is 19.3 Å². The molecule has 0 fully saturated rings. The van der Waals surface area contributed by atoms with Crippen molar-refractivity contribution in [1.29, 1.82) is 0 Å². The summed E-state index contributed by atoms with van der Waals surface area (Å²) in [4.78, 5) is 0. The van der Waals surface area contributed by atoms with Crippen LogP contribution in [0.3, 0.4) is 0 Å². The minimum absolute atomic E-state index is 0.289. The van der Waals surface area contributed by atoms with Crippen molar-refractivity contribution in [2.75, 3.05) is 0 Å². The highest BCUT2D eigenvalue weighted by atomic mass is 32.1. The van der Waals surface area contributed by atoms with Crippen LogP contribution in [0.25, 0.3) is 0 Å². The fourth-order valence-electron chi connectivity index (χ4n) is 2.74. The molecule has 1 aromatic heterocycles. The molecule has 1 heterocycles. The molecule has 88 valence electrons. The molecule has 2 N–H and O–H groups in total. The highest BCUT2D eigenvalue weighted by Crippen LogP contribution is 2.29. The fourth-order valence-corrected chi connectivity index (χ4v) is 3.42. The van der Waals surface area contributed by atoms with Crippen LogP contribution < -0.4 is 5.73 Å². The lowest BCUT2D eigenvalue weighted by molar-refractivity contribution is 0.437. The van der Waals surface area contributed by atoms with Gasteiger partial charge in [0.2, 0.25) is 0 Å². The monoisotopic (exact) mass is 243 g/mol. The predicted octanol–water partition coefficient (Wildman–Crippen LogP) is 3.03. The van der Waals surface area contributed by atoms with E-state index in [1.165, 1.54) is 16.7 Å². The molecule has 0 saturated carbocycles. The molecule has 1 atom stereocenters. The first-order chi connectivity index (χ1) is 8.33. The van der Waals surface area contributed by atoms with E-state index >= 15 is 0 Å². The Kier molecular flexibility index (Phi) is 3.00. The van der Waals surface area contributed by atoms with Crippen molar-refractivity contribution in [3.63, 3.8) is 0 Å². The van der Waals surface area contributed by atoms with Gasteiger partial charge in [-0.3, -0.25) is 0 Å². The van der Waals surface area contributed by atoms with Crippen LogP contribution in [0.4, 0.5) is 0 Å². The average Bonchev–Trinajstić information content (AvgIpc) is 2.96. The zero-order chi connectivity index (χ0) is 11.7. The van der Waals surface area contributed by atoms with Gasteiger partial charge >= 0.3 is 0 Å². The van der Waals surface area contributed by atoms with Gasteiger partial charge < -0.3 is 5.73 Å². The number of rotatable bonds is 3. The molecule has 1 aliphatic carbocycles. The first-order valence-electron chi connectivity index (χ1n) is 6.16. The Labute approximate surface area is 106 Å². The standard InChI is InChI=1S/C15H17NS/c16-15(7-11-5-6-17-10-11)14-8-12-3-1-2-4-13(12)9-14/h1-6,10,14-15H,7-9,16H2. The second-order valence-corrected chi connectivity index (χ2v) is 5.72. The van der Waals surface area contributed by atoms with Gasteiger partial charge in [0.05, 0.1) is 0 Å². The lowest BCUT2D eigenvalue weighted by atomic mass is 9.93. The van der Waals surface area contributed by atoms with Gasteiger partial charge in [-0.1, -0.05) is 24.3 Å². The molecule has 1 aliphatic rings. The van der Waals surface area contributed by atoms with E-state index in [2.05, 4.69) is 41.1 Å². The second kappa shape index (κ2) is 4.63. The van der Waals surface area contributed by atoms with Crippen molar-refractivity contribution in [2.45, 2.75) is 25.3 Å². The first-order valence-corrected chi connectivity index (χ1v) is 7.10. The lowest BCUT2D eigenvalue weighted by Gasteiger charge is -2.18. The van der Waals surface area contributed by atoms with Gasteiger partial charge in [0.1, 0.15) is 0 Å². The van der Waals surface area contributed by atoms with Crippen molar-refractivity contribution in [3.05, 3.63) is 57.8 Å². The smallest absolute Gasteiger partial charge is 0.0114 e. The molecule has 0 radical (unpaired) electrons. The van der Waals surface area contributed by atoms with Crippen LogP contribution in [-0.4, -0.2) is 6.04 Å². The summed E-state index contributed by atoms with van der Waals surface area (Å²) in [7, 11) is 0. The van der Waals surface area contributed by atoms with E-state index in [1.54, 1.807) is 11.3 Å². The lowest BCUT2D eigenvalue weighted by Crippen LogP contribution is -2.32. The van der Waals surface area contributed by atoms with Crippen molar-refractivity contribution < 1.29 is 0 Å². The number of thiophene rings is 1. The van der Waals surface area contributed by atoms with E-state index in [9.17, 15) is 0 Å². The molecule has 2 heteroatoms. The van der Waals surface area contributed by atoms with Crippen LogP contribution in [-0.2, 0) is 19.3 Å². The van der Waals surface area contributed by atoms with Gasteiger partial charge in [-0.2, -0.15) is 11.3 Å². The van der Waals surface area contributed by atoms with Crippen LogP contribution in [0, 0.1) is 5.92 Å². The molecular weight excluding hydrogens is 226 g/mol. The van der Waals surface area contributed by atoms with E-state index in [1.807, 2.05) is 0 Å². The number of hydrogen-bond donors (Lipinski definition) is 1. The maximum absolute atomic E-state index is 6.35. The topological polar surface area (TPSA) is 26.0 Å². The third kappa shape index (κ3) is 2.28. The Hall–Kier alpha value is -1.12. The summed E-state index contributed by atoms with van der Waals surface area (Å²) < 4.78 is 0. The molecule has 1 unspecified atom stereocenters. The maximum Gasteiger partial charge on any atom is 0.0114 e. The zero-order valence-electron chi connectivity index (χ0n) is 9.80. The normalized spacial score (nSPS) is 17.0. The van der Waals surface area contributed by atoms with E-state index in [-0.39, 0.29) is 6.04 Å². The Bertz CT molecular complexity index is 464. The summed E-state index contributed by atoms with van der Waals surface area (Å²) in [6.45, 7) is 0. The summed E-state index contributed by atoms with van der Waals surface area (Å²) in [6, 6.07) is 11.2. The highest BCUT2D eigenvalue weighted by molar-refractivity contribution is 7.07. The van der Waals surface area contributed by atoms with Crippen molar-refractivity contribution in [2.24, 2.45) is 11.7 Å². The van der Waals surface area contributed by atoms with Crippen molar-refractivity contribution >= 4 is 11.3 Å². The van der Waals surface area contributed by atoms with E-state index < -0.39 is 0 Å². The molecule has 0 bridgehead atoms. The van der Waals surface area contributed by atoms with E-state index in [4.69, 9.17) is 5.73 Å². The molecule has 3 rings (SSSR count). The summed E-state index contributed by atoms with van der Waals surface area (Å²) in [5, 5.41) is 4.34. The summed E-state index contributed by atoms with van der Waals surface area (Å²) in [6.07, 6.45) is 3.32. The molecule has 1 aromatic carbocycles. The maximum atomic E-state index is 6.35. The minimum atomic E-state index is 0.289. The molecular formula is C15H17NS. The molecule has 2 aromatic rings. The SMILES string of the molecule is NC(Cc1ccsc1)C1Cc2ccccc2C1. The van der Waals surface area contributed by atoms with Gasteiger partial charge in [0.25, 0.3) is 0 Å². The molecule has 0 amide bonds. The second-order valence-electron chi connectivity index (χ2n) is 4.94. The third-order valence-electron chi connectivity index (χ3n) is 3.74. The van der Waals surface area contributed by atoms with Crippen LogP contribution in [0.5, 0.6) is 0 Å². The van der Waals surface area contributed by atoms with Crippen LogP contribution in [0.1, 0.15) is 16.7 Å². The predicted molar refractivity (Wildman–Crippen MR) is 73.3 cm³/mol. The van der Waals surface area contributed by atoms with Crippen LogP contribution in [0.2, 0.25) is 0 Å². The van der Waals surface area contributed by atoms with E-state index in [0.29, 0.717) is 5.92 Å². The number of benzene rings is 1. The van der Waals surface area contributed by atoms with Gasteiger partial charge in [-0.25, -0.2) is 0 Å². The minimum Gasteiger partial charge on any atom is -0.327 e. The van der Waals surface area contributed by atoms with Gasteiger partial charge in [0.15, 0.2) is 0 Å². The first kappa shape index (κ1) is 11.0. The average molecular weight is 243 g/mol. The number of nitrogens with two attached hydrogens (primary N) is 1. The molecule has 0 spiro atoms. The quantitative estimate of drug-likeness (QED) is 0.881. The molecule has 1 nitrogen and oxygen atoms in total. The summed E-state index contributed by atoms with van der Waals surface area (Å²) >= 11 is 1.76. The fraction of sp³-hybridized carbons (Fsp3) is 0.333. The molecule has 17 heavy (non-hydrogen) atoms. The Morgan fingerprint density at radius 1 is 1.18 bits per heavy atom. The third-order valence-corrected chi connectivity index (χ3v) is 4.47. The van der Waals surface area contributed by atoms with Crippen LogP contribution >= 0.6 is 11.3 Å². The summed E-state index contributed by atoms with van der Waals surface area (Å²) in [5.74, 6) is 0.618. The molecule has 0 aliphatic heterocycles. The number of hydrogen-bond acceptors (Lipinski definition) is 2. The highest BCUT2D eigenvalue weighted by Gasteiger charge is 2.26. The van der Waals surface area contributed by atoms with Crippen molar-refractivity contribution in [1.82, 2.24) is 0 Å². The van der Waals surface area contributed by atoms with Gasteiger partial charge in [0, 0.05) is 6.04 Å². The Morgan fingerprint density at radius 3 is 2.47 bits per heavy atom. The van der Waals surface area contributed by atoms with Gasteiger partial charge in [-0.05, 0) is 58.7 Å². The summed E-state index contributed by atoms with van der Waals surface area (Å²) in [5.41, 5.74) is 10.7. The van der Waals surface area contributed by atoms with Gasteiger partial charge in [-0.15, -0.1) is 0 Å². The van der Waals surface area contributed by atoms with Crippen LogP contribution in [0.15, 0.2) is 41.1 Å². The molecule has 0 saturated heterocycles. The zero-order valence-corrected chi connectivity index (χ0v) is 10.6. The van der Waals surface area contributed by atoms with Crippen molar-refractivity contribution in [3.8, 4) is 0 Å². The Morgan fingerprint density at radius 2 is 1.88 bits per heavy atom. The number of fused-ring (bicyclic) bond motifs is 1. The largest absolute Gasteiger partial charge is 0.327 e.